The van der Waals surface area contributed by atoms with E-state index in [4.69, 9.17) is 4.74 Å². The Labute approximate surface area is 331 Å². The Bertz CT molecular complexity index is 3230. The molecule has 0 saturated carbocycles. The van der Waals surface area contributed by atoms with E-state index in [9.17, 15) is 0 Å². The van der Waals surface area contributed by atoms with Crippen molar-refractivity contribution in [3.63, 3.8) is 0 Å². The number of benzene rings is 10. The van der Waals surface area contributed by atoms with E-state index in [1.807, 2.05) is 0 Å². The molecule has 0 bridgehead atoms. The van der Waals surface area contributed by atoms with Gasteiger partial charge in [0.05, 0.1) is 11.1 Å². The minimum atomic E-state index is -0.652. The zero-order valence-electron chi connectivity index (χ0n) is 31.1. The summed E-state index contributed by atoms with van der Waals surface area (Å²) in [6.07, 6.45) is 0. The van der Waals surface area contributed by atoms with Crippen LogP contribution in [0.25, 0.3) is 54.6 Å². The fourth-order valence-electron chi connectivity index (χ4n) is 9.89. The van der Waals surface area contributed by atoms with E-state index in [0.29, 0.717) is 0 Å². The molecule has 0 N–H and O–H groups in total. The van der Waals surface area contributed by atoms with Crippen LogP contribution in [0.3, 0.4) is 0 Å². The summed E-state index contributed by atoms with van der Waals surface area (Å²) in [7, 11) is 0. The number of nitrogens with zero attached hydrogens (tertiary/aromatic N) is 1. The molecule has 10 aromatic carbocycles. The Morgan fingerprint density at radius 2 is 0.965 bits per heavy atom. The largest absolute Gasteiger partial charge is 0.457 e. The Morgan fingerprint density at radius 3 is 1.86 bits per heavy atom. The molecule has 2 heteroatoms. The highest BCUT2D eigenvalue weighted by molar-refractivity contribution is 6.08. The predicted molar refractivity (Wildman–Crippen MR) is 236 cm³/mol. The van der Waals surface area contributed by atoms with Crippen molar-refractivity contribution in [3.05, 3.63) is 235 Å². The van der Waals surface area contributed by atoms with Gasteiger partial charge in [0.1, 0.15) is 11.5 Å². The van der Waals surface area contributed by atoms with E-state index in [1.165, 1.54) is 60.1 Å². The van der Waals surface area contributed by atoms with Crippen LogP contribution in [0.4, 0.5) is 17.1 Å². The van der Waals surface area contributed by atoms with Gasteiger partial charge in [0.25, 0.3) is 0 Å². The summed E-state index contributed by atoms with van der Waals surface area (Å²) < 4.78 is 6.95. The monoisotopic (exact) mass is 725 g/mol. The van der Waals surface area contributed by atoms with Gasteiger partial charge in [-0.25, -0.2) is 0 Å². The third-order valence-electron chi connectivity index (χ3n) is 12.3. The van der Waals surface area contributed by atoms with Gasteiger partial charge in [-0.3, -0.25) is 0 Å². The molecule has 1 aliphatic heterocycles. The minimum absolute atomic E-state index is 0.652. The van der Waals surface area contributed by atoms with Crippen molar-refractivity contribution in [1.82, 2.24) is 0 Å². The van der Waals surface area contributed by atoms with E-state index in [-0.39, 0.29) is 0 Å². The third-order valence-corrected chi connectivity index (χ3v) is 12.3. The quantitative estimate of drug-likeness (QED) is 0.179. The molecule has 2 nitrogen and oxygen atoms in total. The van der Waals surface area contributed by atoms with Gasteiger partial charge in [-0.1, -0.05) is 176 Å². The molecular formula is C55H35NO. The number of hydrogen-bond acceptors (Lipinski definition) is 2. The number of para-hydroxylation sites is 1. The van der Waals surface area contributed by atoms with Gasteiger partial charge >= 0.3 is 0 Å². The summed E-state index contributed by atoms with van der Waals surface area (Å²) in [4.78, 5) is 2.48. The molecule has 1 aliphatic carbocycles. The van der Waals surface area contributed by atoms with Crippen LogP contribution in [0, 0.1) is 0 Å². The van der Waals surface area contributed by atoms with Crippen LogP contribution in [-0.2, 0) is 5.41 Å². The molecule has 1 unspecified atom stereocenters. The lowest BCUT2D eigenvalue weighted by molar-refractivity contribution is 0.435. The molecule has 12 rings (SSSR count). The average molecular weight is 726 g/mol. The molecule has 57 heavy (non-hydrogen) atoms. The lowest BCUT2D eigenvalue weighted by Gasteiger charge is -2.45. The van der Waals surface area contributed by atoms with Crippen LogP contribution in [0.5, 0.6) is 11.5 Å². The topological polar surface area (TPSA) is 12.5 Å². The van der Waals surface area contributed by atoms with Crippen molar-refractivity contribution in [2.45, 2.75) is 5.41 Å². The maximum absolute atomic E-state index is 6.95. The van der Waals surface area contributed by atoms with Gasteiger partial charge in [0, 0.05) is 33.5 Å². The highest BCUT2D eigenvalue weighted by Gasteiger charge is 2.49. The molecular weight excluding hydrogens is 691 g/mol. The van der Waals surface area contributed by atoms with Crippen LogP contribution < -0.4 is 9.64 Å². The minimum Gasteiger partial charge on any atom is -0.457 e. The number of ether oxygens (including phenoxy) is 1. The molecule has 1 spiro atoms. The molecule has 0 radical (unpaired) electrons. The normalized spacial score (nSPS) is 14.9. The van der Waals surface area contributed by atoms with Crippen molar-refractivity contribution in [1.29, 1.82) is 0 Å². The maximum Gasteiger partial charge on any atom is 0.132 e. The van der Waals surface area contributed by atoms with Crippen molar-refractivity contribution < 1.29 is 4.74 Å². The maximum atomic E-state index is 6.95. The second-order valence-corrected chi connectivity index (χ2v) is 15.2. The van der Waals surface area contributed by atoms with Gasteiger partial charge in [-0.2, -0.15) is 0 Å². The number of hydrogen-bond donors (Lipinski definition) is 0. The lowest BCUT2D eigenvalue weighted by atomic mass is 9.58. The summed E-state index contributed by atoms with van der Waals surface area (Å²) in [5, 5.41) is 7.30. The van der Waals surface area contributed by atoms with Gasteiger partial charge in [0.2, 0.25) is 0 Å². The molecule has 0 aromatic heterocycles. The zero-order chi connectivity index (χ0) is 37.5. The van der Waals surface area contributed by atoms with Crippen LogP contribution >= 0.6 is 0 Å². The van der Waals surface area contributed by atoms with Crippen LogP contribution in [0.15, 0.2) is 212 Å². The van der Waals surface area contributed by atoms with Gasteiger partial charge in [0.15, 0.2) is 0 Å². The molecule has 1 heterocycles. The predicted octanol–water partition coefficient (Wildman–Crippen LogP) is 14.8. The molecule has 10 aromatic rings. The second-order valence-electron chi connectivity index (χ2n) is 15.2. The lowest BCUT2D eigenvalue weighted by Crippen LogP contribution is -2.36. The summed E-state index contributed by atoms with van der Waals surface area (Å²) in [6.45, 7) is 0. The summed E-state index contributed by atoms with van der Waals surface area (Å²) in [5.41, 5.74) is 12.3. The van der Waals surface area contributed by atoms with E-state index < -0.39 is 5.41 Å². The van der Waals surface area contributed by atoms with Crippen LogP contribution in [0.1, 0.15) is 22.3 Å². The Morgan fingerprint density at radius 1 is 0.351 bits per heavy atom. The van der Waals surface area contributed by atoms with Gasteiger partial charge in [-0.15, -0.1) is 0 Å². The fourth-order valence-corrected chi connectivity index (χ4v) is 9.89. The molecule has 0 amide bonds. The number of rotatable bonds is 4. The van der Waals surface area contributed by atoms with Crippen LogP contribution in [-0.4, -0.2) is 0 Å². The van der Waals surface area contributed by atoms with Crippen molar-refractivity contribution in [3.8, 4) is 33.8 Å². The third kappa shape index (κ3) is 4.59. The average Bonchev–Trinajstić information content (AvgIpc) is 3.28. The Kier molecular flexibility index (Phi) is 6.88. The van der Waals surface area contributed by atoms with E-state index in [0.717, 1.165) is 45.3 Å². The molecule has 2 aliphatic rings. The first kappa shape index (κ1) is 31.9. The Hall–Kier alpha value is -7.42. The first-order valence-corrected chi connectivity index (χ1v) is 19.7. The standard InChI is InChI=1S/C55H35NO/c1-2-15-37(16-3-1)44-32-29-38-17-6-7-21-43(38)54(44)56(41-30-28-36-14-4-5-18-40(36)34-41)42-31-33-52-50(35-42)55(48-25-10-11-27-51(48)57-52)47-24-9-8-22-45(47)46-23-12-19-39-20-13-26-49(55)53(39)46/h1-35H. The zero-order valence-corrected chi connectivity index (χ0v) is 31.1. The first-order valence-electron chi connectivity index (χ1n) is 19.7. The summed E-state index contributed by atoms with van der Waals surface area (Å²) in [5.74, 6) is 1.75. The van der Waals surface area contributed by atoms with E-state index >= 15 is 0 Å². The summed E-state index contributed by atoms with van der Waals surface area (Å²) >= 11 is 0. The highest BCUT2D eigenvalue weighted by atomic mass is 16.5. The fraction of sp³-hybridized carbons (Fsp3) is 0.0182. The SMILES string of the molecule is c1ccc(-c2ccc3ccccc3c2N(c2ccc3c(c2)C2(c4ccccc4O3)c3ccccc3-c3cccc4cccc2c34)c2ccc3ccccc3c2)cc1. The molecule has 1 atom stereocenters. The molecule has 266 valence electrons. The van der Waals surface area contributed by atoms with Gasteiger partial charge < -0.3 is 9.64 Å². The first-order chi connectivity index (χ1) is 28.3. The van der Waals surface area contributed by atoms with E-state index in [1.54, 1.807) is 0 Å². The van der Waals surface area contributed by atoms with Crippen molar-refractivity contribution in [2.75, 3.05) is 4.90 Å². The van der Waals surface area contributed by atoms with Gasteiger partial charge in [-0.05, 0) is 91.1 Å². The molecule has 0 fully saturated rings. The second kappa shape index (κ2) is 12.3. The number of anilines is 3. The Balaban J connectivity index is 1.22. The van der Waals surface area contributed by atoms with Crippen LogP contribution in [0.2, 0.25) is 0 Å². The van der Waals surface area contributed by atoms with E-state index in [2.05, 4.69) is 217 Å². The molecule has 0 saturated heterocycles. The van der Waals surface area contributed by atoms with Crippen molar-refractivity contribution in [2.24, 2.45) is 0 Å². The number of fused-ring (bicyclic) bond motifs is 10. The highest BCUT2D eigenvalue weighted by Crippen LogP contribution is 2.62. The smallest absolute Gasteiger partial charge is 0.132 e. The van der Waals surface area contributed by atoms with Crippen molar-refractivity contribution >= 4 is 49.4 Å². The summed E-state index contributed by atoms with van der Waals surface area (Å²) in [6, 6.07) is 77.6.